The minimum absolute atomic E-state index is 0.151. The van der Waals surface area contributed by atoms with E-state index in [9.17, 15) is 4.55 Å². The van der Waals surface area contributed by atoms with Gasteiger partial charge in [0.1, 0.15) is 5.92 Å². The van der Waals surface area contributed by atoms with Gasteiger partial charge in [-0.1, -0.05) is 70.9 Å². The van der Waals surface area contributed by atoms with Crippen LogP contribution >= 0.6 is 0 Å². The van der Waals surface area contributed by atoms with Gasteiger partial charge < -0.3 is 4.55 Å². The van der Waals surface area contributed by atoms with Crippen LogP contribution in [0.1, 0.15) is 33.7 Å². The predicted molar refractivity (Wildman–Crippen MR) is 113 cm³/mol. The molecule has 0 unspecified atom stereocenters. The third-order valence-corrected chi connectivity index (χ3v) is 6.52. The van der Waals surface area contributed by atoms with Crippen molar-refractivity contribution in [3.05, 3.63) is 112 Å². The van der Waals surface area contributed by atoms with E-state index in [0.717, 1.165) is 29.5 Å². The van der Waals surface area contributed by atoms with Crippen LogP contribution < -0.4 is 4.72 Å². The molecular weight excluding hydrogens is 364 g/mol. The highest BCUT2D eigenvalue weighted by molar-refractivity contribution is 7.89. The molecule has 3 aromatic carbocycles. The molecule has 0 amide bonds. The van der Waals surface area contributed by atoms with E-state index >= 15 is 0 Å². The third kappa shape index (κ3) is 3.70. The summed E-state index contributed by atoms with van der Waals surface area (Å²) in [5.41, 5.74) is 5.96. The molecule has 0 radical (unpaired) electrons. The molecule has 1 N–H and O–H groups in total. The number of hydrogen-bond donors (Lipinski definition) is 1. The summed E-state index contributed by atoms with van der Waals surface area (Å²) in [5, 5.41) is 0. The second-order valence-corrected chi connectivity index (χ2v) is 8.39. The van der Waals surface area contributed by atoms with Crippen LogP contribution in [-0.4, -0.2) is 10.7 Å². The van der Waals surface area contributed by atoms with Gasteiger partial charge in [-0.2, -0.15) is 0 Å². The average molecular weight is 387 g/mol. The van der Waals surface area contributed by atoms with Gasteiger partial charge in [0.2, 0.25) is 0 Å². The fraction of sp³-hybridized carbons (Fsp3) is 0.208. The summed E-state index contributed by atoms with van der Waals surface area (Å²) < 4.78 is 16.0. The lowest BCUT2D eigenvalue weighted by molar-refractivity contribution is 0.555. The van der Waals surface area contributed by atoms with E-state index in [0.29, 0.717) is 4.90 Å². The first-order valence-corrected chi connectivity index (χ1v) is 10.6. The second kappa shape index (κ2) is 8.20. The van der Waals surface area contributed by atoms with Crippen molar-refractivity contribution in [3.63, 3.8) is 0 Å². The zero-order valence-corrected chi connectivity index (χ0v) is 16.6. The van der Waals surface area contributed by atoms with Crippen molar-refractivity contribution in [2.45, 2.75) is 36.7 Å². The van der Waals surface area contributed by atoms with Gasteiger partial charge in [0.05, 0.1) is 11.4 Å². The summed E-state index contributed by atoms with van der Waals surface area (Å²) in [6, 6.07) is 24.3. The summed E-state index contributed by atoms with van der Waals surface area (Å²) in [6.07, 6.45) is 1.30. The average Bonchev–Trinajstić information content (AvgIpc) is 2.89. The van der Waals surface area contributed by atoms with Gasteiger partial charge in [-0.15, -0.1) is 0 Å². The van der Waals surface area contributed by atoms with E-state index in [1.165, 1.54) is 11.1 Å². The summed E-state index contributed by atoms with van der Waals surface area (Å²) in [4.78, 5) is 4.57. The number of nitrogens with one attached hydrogen (secondary N) is 1. The maximum atomic E-state index is 12.9. The van der Waals surface area contributed by atoms with E-state index < -0.39 is 17.5 Å². The molecular formula is C24H22N2OS. The van der Waals surface area contributed by atoms with Gasteiger partial charge in [-0.05, 0) is 54.2 Å². The van der Waals surface area contributed by atoms with E-state index in [1.807, 2.05) is 43.3 Å². The van der Waals surface area contributed by atoms with Crippen LogP contribution in [0.2, 0.25) is 0 Å². The third-order valence-electron chi connectivity index (χ3n) is 5.36. The van der Waals surface area contributed by atoms with Crippen LogP contribution in [0, 0.1) is 13.5 Å². The zero-order chi connectivity index (χ0) is 19.5. The Kier molecular flexibility index (Phi) is 5.50. The Labute approximate surface area is 169 Å². The van der Waals surface area contributed by atoms with E-state index in [1.54, 1.807) is 0 Å². The molecule has 0 aromatic heterocycles. The van der Waals surface area contributed by atoms with Crippen LogP contribution in [-0.2, 0) is 24.2 Å². The van der Waals surface area contributed by atoms with Gasteiger partial charge in [0, 0.05) is 0 Å². The Morgan fingerprint density at radius 2 is 1.46 bits per heavy atom. The first-order chi connectivity index (χ1) is 13.7. The SMILES string of the molecule is [C-]#[N+][C@@H](N[S@@+]([O-])c1ccc(C)cc1)C1c2ccccc2CCc2ccccc21. The Balaban J connectivity index is 1.73. The lowest BCUT2D eigenvalue weighted by Gasteiger charge is -2.22. The van der Waals surface area contributed by atoms with Crippen molar-refractivity contribution < 1.29 is 4.55 Å². The Bertz CT molecular complexity index is 962. The lowest BCUT2D eigenvalue weighted by Crippen LogP contribution is -2.37. The first-order valence-electron chi connectivity index (χ1n) is 9.44. The largest absolute Gasteiger partial charge is 0.593 e. The minimum Gasteiger partial charge on any atom is -0.593 e. The highest BCUT2D eigenvalue weighted by atomic mass is 32.2. The number of aryl methyl sites for hydroxylation is 3. The fourth-order valence-corrected chi connectivity index (χ4v) is 4.84. The molecule has 4 heteroatoms. The number of nitrogens with zero attached hydrogens (tertiary/aromatic N) is 1. The molecule has 0 saturated heterocycles. The van der Waals surface area contributed by atoms with Crippen molar-refractivity contribution in [3.8, 4) is 0 Å². The van der Waals surface area contributed by atoms with Crippen LogP contribution in [0.3, 0.4) is 0 Å². The zero-order valence-electron chi connectivity index (χ0n) is 15.8. The summed E-state index contributed by atoms with van der Waals surface area (Å²) in [6.45, 7) is 9.87. The second-order valence-electron chi connectivity index (χ2n) is 7.15. The topological polar surface area (TPSA) is 39.5 Å². The van der Waals surface area contributed by atoms with Gasteiger partial charge >= 0.3 is 6.17 Å². The Morgan fingerprint density at radius 3 is 2.00 bits per heavy atom. The standard InChI is InChI=1S/C24H22N2OS/c1-17-11-15-20(16-12-17)28(27)26-24(25-2)23-21-9-5-3-7-18(21)13-14-19-8-4-6-10-22(19)23/h3-12,15-16,23-24,26H,13-14H2,1H3/t24-,28-/m0/s1. The summed E-state index contributed by atoms with van der Waals surface area (Å²) in [7, 11) is 0. The molecule has 1 aliphatic carbocycles. The van der Waals surface area contributed by atoms with Gasteiger partial charge in [0.25, 0.3) is 0 Å². The number of hydrogen-bond acceptors (Lipinski definition) is 2. The Hall–Kier alpha value is -2.58. The van der Waals surface area contributed by atoms with Crippen LogP contribution in [0.15, 0.2) is 77.7 Å². The Morgan fingerprint density at radius 1 is 0.929 bits per heavy atom. The highest BCUT2D eigenvalue weighted by Crippen LogP contribution is 2.37. The maximum absolute atomic E-state index is 12.9. The molecule has 140 valence electrons. The molecule has 0 bridgehead atoms. The smallest absolute Gasteiger partial charge is 0.325 e. The molecule has 2 atom stereocenters. The monoisotopic (exact) mass is 386 g/mol. The molecule has 0 saturated carbocycles. The fourth-order valence-electron chi connectivity index (χ4n) is 3.92. The number of benzene rings is 3. The van der Waals surface area contributed by atoms with Crippen molar-refractivity contribution in [1.82, 2.24) is 4.72 Å². The van der Waals surface area contributed by atoms with Crippen molar-refractivity contribution in [2.75, 3.05) is 0 Å². The molecule has 28 heavy (non-hydrogen) atoms. The molecule has 3 aromatic rings. The lowest BCUT2D eigenvalue weighted by atomic mass is 9.86. The molecule has 0 fully saturated rings. The highest BCUT2D eigenvalue weighted by Gasteiger charge is 2.37. The molecule has 0 heterocycles. The molecule has 4 rings (SSSR count). The predicted octanol–water partition coefficient (Wildman–Crippen LogP) is 4.78. The van der Waals surface area contributed by atoms with Gasteiger partial charge in [-0.3, -0.25) is 4.85 Å². The normalized spacial score (nSPS) is 15.6. The molecule has 0 aliphatic heterocycles. The first kappa shape index (κ1) is 18.8. The molecule has 1 aliphatic rings. The van der Waals surface area contributed by atoms with E-state index in [4.69, 9.17) is 6.57 Å². The summed E-state index contributed by atoms with van der Waals surface area (Å²) in [5.74, 6) is -0.151. The van der Waals surface area contributed by atoms with Gasteiger partial charge in [0.15, 0.2) is 4.90 Å². The van der Waals surface area contributed by atoms with Gasteiger partial charge in [-0.25, -0.2) is 6.57 Å². The summed E-state index contributed by atoms with van der Waals surface area (Å²) >= 11 is -1.45. The number of fused-ring (bicyclic) bond motifs is 2. The van der Waals surface area contributed by atoms with E-state index in [-0.39, 0.29) is 5.92 Å². The molecule has 3 nitrogen and oxygen atoms in total. The molecule has 0 spiro atoms. The van der Waals surface area contributed by atoms with Crippen LogP contribution in [0.25, 0.3) is 4.85 Å². The van der Waals surface area contributed by atoms with Crippen molar-refractivity contribution >= 4 is 11.4 Å². The van der Waals surface area contributed by atoms with E-state index in [2.05, 4.69) is 46.0 Å². The van der Waals surface area contributed by atoms with Crippen molar-refractivity contribution in [1.29, 1.82) is 0 Å². The minimum atomic E-state index is -1.45. The quantitative estimate of drug-likeness (QED) is 0.518. The van der Waals surface area contributed by atoms with Crippen LogP contribution in [0.4, 0.5) is 0 Å². The van der Waals surface area contributed by atoms with Crippen molar-refractivity contribution in [2.24, 2.45) is 0 Å². The maximum Gasteiger partial charge on any atom is 0.325 e. The number of rotatable bonds is 4. The van der Waals surface area contributed by atoms with Crippen LogP contribution in [0.5, 0.6) is 0 Å².